The van der Waals surface area contributed by atoms with Crippen LogP contribution in [-0.2, 0) is 0 Å². The van der Waals surface area contributed by atoms with Gasteiger partial charge in [-0.25, -0.2) is 4.98 Å². The summed E-state index contributed by atoms with van der Waals surface area (Å²) in [6, 6.07) is 14.1. The van der Waals surface area contributed by atoms with E-state index in [-0.39, 0.29) is 12.7 Å². The number of aryl methyl sites for hydroxylation is 1. The number of piperidine rings is 1. The number of carbonyl (C=O) groups excluding carboxylic acids is 1. The molecule has 0 N–H and O–H groups in total. The van der Waals surface area contributed by atoms with E-state index in [1.165, 1.54) is 0 Å². The number of imidazole rings is 1. The minimum Gasteiger partial charge on any atom is -0.454 e. The van der Waals surface area contributed by atoms with Gasteiger partial charge >= 0.3 is 0 Å². The van der Waals surface area contributed by atoms with Gasteiger partial charge in [0, 0.05) is 42.7 Å². The molecule has 1 saturated heterocycles. The summed E-state index contributed by atoms with van der Waals surface area (Å²) in [6.07, 6.45) is 5.68. The first kappa shape index (κ1) is 17.8. The Labute approximate surface area is 169 Å². The SMILES string of the molecule is Cc1ccc(C(=O)N2CCC(n3ccnc3-c3ccc4c(c3)OCO4)CC2)cc1. The second-order valence-corrected chi connectivity index (χ2v) is 7.62. The van der Waals surface area contributed by atoms with Gasteiger partial charge in [-0.15, -0.1) is 0 Å². The van der Waals surface area contributed by atoms with E-state index in [0.29, 0.717) is 6.04 Å². The van der Waals surface area contributed by atoms with Crippen LogP contribution in [0.5, 0.6) is 11.5 Å². The summed E-state index contributed by atoms with van der Waals surface area (Å²) >= 11 is 0. The molecule has 1 amide bonds. The first-order valence-electron chi connectivity index (χ1n) is 9.98. The average Bonchev–Trinajstić information content (AvgIpc) is 3.43. The molecule has 0 radical (unpaired) electrons. The molecule has 0 atom stereocenters. The highest BCUT2D eigenvalue weighted by Gasteiger charge is 2.26. The first-order valence-corrected chi connectivity index (χ1v) is 9.98. The van der Waals surface area contributed by atoms with Crippen LogP contribution < -0.4 is 9.47 Å². The van der Waals surface area contributed by atoms with Crippen LogP contribution in [0.15, 0.2) is 54.9 Å². The fourth-order valence-electron chi connectivity index (χ4n) is 4.09. The number of nitrogens with zero attached hydrogens (tertiary/aromatic N) is 3. The van der Waals surface area contributed by atoms with Crippen molar-refractivity contribution in [3.05, 3.63) is 66.0 Å². The van der Waals surface area contributed by atoms with Crippen LogP contribution in [0.4, 0.5) is 0 Å². The fraction of sp³-hybridized carbons (Fsp3) is 0.304. The summed E-state index contributed by atoms with van der Waals surface area (Å²) in [5, 5.41) is 0. The normalized spacial score (nSPS) is 16.2. The van der Waals surface area contributed by atoms with Gasteiger partial charge in [0.25, 0.3) is 5.91 Å². The minimum absolute atomic E-state index is 0.116. The molecular weight excluding hydrogens is 366 g/mol. The average molecular weight is 389 g/mol. The smallest absolute Gasteiger partial charge is 0.253 e. The van der Waals surface area contributed by atoms with Crippen molar-refractivity contribution >= 4 is 5.91 Å². The molecule has 0 saturated carbocycles. The van der Waals surface area contributed by atoms with Gasteiger partial charge in [-0.05, 0) is 50.1 Å². The fourth-order valence-corrected chi connectivity index (χ4v) is 4.09. The Hall–Kier alpha value is -3.28. The number of aromatic nitrogens is 2. The molecule has 3 heterocycles. The number of hydrogen-bond acceptors (Lipinski definition) is 4. The molecule has 5 rings (SSSR count). The van der Waals surface area contributed by atoms with Crippen LogP contribution in [0.3, 0.4) is 0 Å². The number of rotatable bonds is 3. The molecule has 2 aromatic carbocycles. The third kappa shape index (κ3) is 3.35. The summed E-state index contributed by atoms with van der Waals surface area (Å²) < 4.78 is 13.1. The third-order valence-electron chi connectivity index (χ3n) is 5.74. The van der Waals surface area contributed by atoms with Crippen molar-refractivity contribution < 1.29 is 14.3 Å². The highest BCUT2D eigenvalue weighted by atomic mass is 16.7. The molecule has 2 aliphatic heterocycles. The Morgan fingerprint density at radius 3 is 2.59 bits per heavy atom. The number of benzene rings is 2. The lowest BCUT2D eigenvalue weighted by Gasteiger charge is -2.33. The predicted octanol–water partition coefficient (Wildman–Crippen LogP) is 4.06. The topological polar surface area (TPSA) is 56.6 Å². The Kier molecular flexibility index (Phi) is 4.46. The van der Waals surface area contributed by atoms with E-state index in [2.05, 4.69) is 9.55 Å². The van der Waals surface area contributed by atoms with E-state index in [0.717, 1.165) is 59.9 Å². The summed E-state index contributed by atoms with van der Waals surface area (Å²) in [6.45, 7) is 3.79. The predicted molar refractivity (Wildman–Crippen MR) is 109 cm³/mol. The van der Waals surface area contributed by atoms with Gasteiger partial charge in [0.15, 0.2) is 11.5 Å². The Balaban J connectivity index is 1.30. The summed E-state index contributed by atoms with van der Waals surface area (Å²) in [5.41, 5.74) is 2.94. The second-order valence-electron chi connectivity index (χ2n) is 7.62. The quantitative estimate of drug-likeness (QED) is 0.678. The van der Waals surface area contributed by atoms with Gasteiger partial charge < -0.3 is 18.9 Å². The Bertz CT molecular complexity index is 1030. The van der Waals surface area contributed by atoms with E-state index in [1.807, 2.05) is 66.7 Å². The number of fused-ring (bicyclic) bond motifs is 1. The van der Waals surface area contributed by atoms with E-state index in [1.54, 1.807) is 0 Å². The summed E-state index contributed by atoms with van der Waals surface area (Å²) in [4.78, 5) is 19.3. The van der Waals surface area contributed by atoms with Gasteiger partial charge in [-0.2, -0.15) is 0 Å². The highest BCUT2D eigenvalue weighted by Crippen LogP contribution is 2.36. The lowest BCUT2D eigenvalue weighted by Crippen LogP contribution is -2.39. The highest BCUT2D eigenvalue weighted by molar-refractivity contribution is 5.94. The van der Waals surface area contributed by atoms with Gasteiger partial charge in [0.05, 0.1) is 0 Å². The van der Waals surface area contributed by atoms with Crippen molar-refractivity contribution in [2.75, 3.05) is 19.9 Å². The zero-order valence-electron chi connectivity index (χ0n) is 16.4. The van der Waals surface area contributed by atoms with E-state index < -0.39 is 0 Å². The van der Waals surface area contributed by atoms with Crippen LogP contribution >= 0.6 is 0 Å². The molecule has 0 spiro atoms. The van der Waals surface area contributed by atoms with E-state index in [4.69, 9.17) is 9.47 Å². The molecule has 1 fully saturated rings. The number of hydrogen-bond donors (Lipinski definition) is 0. The molecule has 148 valence electrons. The van der Waals surface area contributed by atoms with Crippen LogP contribution in [0.25, 0.3) is 11.4 Å². The molecule has 6 heteroatoms. The zero-order valence-corrected chi connectivity index (χ0v) is 16.4. The summed E-state index contributed by atoms with van der Waals surface area (Å²) in [7, 11) is 0. The maximum Gasteiger partial charge on any atom is 0.253 e. The maximum atomic E-state index is 12.8. The van der Waals surface area contributed by atoms with E-state index in [9.17, 15) is 4.79 Å². The van der Waals surface area contributed by atoms with Gasteiger partial charge in [0.2, 0.25) is 6.79 Å². The molecule has 29 heavy (non-hydrogen) atoms. The molecule has 1 aromatic heterocycles. The molecule has 0 bridgehead atoms. The Morgan fingerprint density at radius 2 is 1.79 bits per heavy atom. The maximum absolute atomic E-state index is 12.8. The molecule has 0 aliphatic carbocycles. The second kappa shape index (κ2) is 7.28. The number of likely N-dealkylation sites (tertiary alicyclic amines) is 1. The van der Waals surface area contributed by atoms with Crippen LogP contribution in [0.2, 0.25) is 0 Å². The van der Waals surface area contributed by atoms with Crippen LogP contribution in [0.1, 0.15) is 34.8 Å². The van der Waals surface area contributed by atoms with Gasteiger partial charge in [0.1, 0.15) is 5.82 Å². The molecule has 3 aromatic rings. The van der Waals surface area contributed by atoms with E-state index >= 15 is 0 Å². The van der Waals surface area contributed by atoms with Crippen LogP contribution in [-0.4, -0.2) is 40.2 Å². The van der Waals surface area contributed by atoms with Gasteiger partial charge in [-0.3, -0.25) is 4.79 Å². The molecular formula is C23H23N3O3. The van der Waals surface area contributed by atoms with Crippen molar-refractivity contribution in [1.82, 2.24) is 14.5 Å². The Morgan fingerprint density at radius 1 is 1.03 bits per heavy atom. The standard InChI is InChI=1S/C23H23N3O3/c1-16-2-4-17(5-3-16)23(27)25-11-8-19(9-12-25)26-13-10-24-22(26)18-6-7-20-21(14-18)29-15-28-20/h2-7,10,13-14,19H,8-9,11-12,15H2,1H3. The zero-order chi connectivity index (χ0) is 19.8. The van der Waals surface area contributed by atoms with Crippen molar-refractivity contribution in [2.24, 2.45) is 0 Å². The largest absolute Gasteiger partial charge is 0.454 e. The van der Waals surface area contributed by atoms with Gasteiger partial charge in [-0.1, -0.05) is 17.7 Å². The van der Waals surface area contributed by atoms with Crippen LogP contribution in [0, 0.1) is 6.92 Å². The number of ether oxygens (including phenoxy) is 2. The lowest BCUT2D eigenvalue weighted by atomic mass is 10.0. The first-order chi connectivity index (χ1) is 14.2. The molecule has 6 nitrogen and oxygen atoms in total. The number of carbonyl (C=O) groups is 1. The molecule has 0 unspecified atom stereocenters. The third-order valence-corrected chi connectivity index (χ3v) is 5.74. The lowest BCUT2D eigenvalue weighted by molar-refractivity contribution is 0.0695. The monoisotopic (exact) mass is 389 g/mol. The van der Waals surface area contributed by atoms with Crippen molar-refractivity contribution in [1.29, 1.82) is 0 Å². The van der Waals surface area contributed by atoms with Crippen molar-refractivity contribution in [2.45, 2.75) is 25.8 Å². The van der Waals surface area contributed by atoms with Crippen molar-refractivity contribution in [3.8, 4) is 22.9 Å². The van der Waals surface area contributed by atoms with Crippen molar-refractivity contribution in [3.63, 3.8) is 0 Å². The number of amides is 1. The molecule has 2 aliphatic rings. The summed E-state index contributed by atoms with van der Waals surface area (Å²) in [5.74, 6) is 2.57. The minimum atomic E-state index is 0.116.